The van der Waals surface area contributed by atoms with E-state index in [-0.39, 0.29) is 0 Å². The minimum Gasteiger partial charge on any atom is -0.455 e. The summed E-state index contributed by atoms with van der Waals surface area (Å²) in [7, 11) is 0. The van der Waals surface area contributed by atoms with E-state index in [1.54, 1.807) is 0 Å². The molecule has 0 aliphatic rings. The predicted molar refractivity (Wildman–Crippen MR) is 218 cm³/mol. The largest absolute Gasteiger partial charge is 0.455 e. The van der Waals surface area contributed by atoms with E-state index in [9.17, 15) is 0 Å². The van der Waals surface area contributed by atoms with Crippen LogP contribution in [0.15, 0.2) is 191 Å². The van der Waals surface area contributed by atoms with Crippen LogP contribution in [0.5, 0.6) is 0 Å². The lowest BCUT2D eigenvalue weighted by atomic mass is 9.85. The molecule has 0 amide bonds. The maximum Gasteiger partial charge on any atom is 0.143 e. The molecule has 0 saturated carbocycles. The second-order valence-corrected chi connectivity index (χ2v) is 13.6. The van der Waals surface area contributed by atoms with Crippen LogP contribution >= 0.6 is 0 Å². The van der Waals surface area contributed by atoms with Gasteiger partial charge < -0.3 is 8.83 Å². The molecule has 0 bridgehead atoms. The summed E-state index contributed by atoms with van der Waals surface area (Å²) < 4.78 is 13.2. The Balaban J connectivity index is 1.26. The van der Waals surface area contributed by atoms with Gasteiger partial charge in [0, 0.05) is 32.7 Å². The van der Waals surface area contributed by atoms with E-state index in [0.29, 0.717) is 0 Å². The Morgan fingerprint density at radius 2 is 0.673 bits per heavy atom. The number of benzene rings is 9. The number of hydrogen-bond donors (Lipinski definition) is 0. The van der Waals surface area contributed by atoms with Crippen LogP contribution in [0.25, 0.3) is 110 Å². The van der Waals surface area contributed by atoms with E-state index in [0.717, 1.165) is 66.1 Å². The highest BCUT2D eigenvalue weighted by atomic mass is 16.3. The highest BCUT2D eigenvalue weighted by Crippen LogP contribution is 2.46. The normalized spacial score (nSPS) is 11.8. The van der Waals surface area contributed by atoms with E-state index in [1.165, 1.54) is 43.8 Å². The van der Waals surface area contributed by atoms with Crippen molar-refractivity contribution in [3.8, 4) is 44.5 Å². The molecule has 0 N–H and O–H groups in total. The van der Waals surface area contributed by atoms with Crippen LogP contribution in [0.2, 0.25) is 0 Å². The van der Waals surface area contributed by atoms with Gasteiger partial charge in [-0.05, 0) is 79.2 Å². The van der Waals surface area contributed by atoms with Crippen molar-refractivity contribution < 1.29 is 8.83 Å². The van der Waals surface area contributed by atoms with Gasteiger partial charge in [-0.2, -0.15) is 0 Å². The summed E-state index contributed by atoms with van der Waals surface area (Å²) in [5.41, 5.74) is 12.8. The van der Waals surface area contributed by atoms with Crippen molar-refractivity contribution in [3.05, 3.63) is 182 Å². The van der Waals surface area contributed by atoms with E-state index in [2.05, 4.69) is 170 Å². The van der Waals surface area contributed by atoms with Crippen LogP contribution in [0.4, 0.5) is 0 Å². The third-order valence-electron chi connectivity index (χ3n) is 10.7. The van der Waals surface area contributed by atoms with E-state index in [1.807, 2.05) is 12.1 Å². The molecule has 242 valence electrons. The molecule has 52 heavy (non-hydrogen) atoms. The average Bonchev–Trinajstić information content (AvgIpc) is 3.79. The number of para-hydroxylation sites is 4. The van der Waals surface area contributed by atoms with Crippen molar-refractivity contribution in [1.82, 2.24) is 0 Å². The SMILES string of the molecule is c1ccc(-c2cccc(-c3c4cccc(-c5cccc6c5oc5ccccc56)c4cc4c(-c5cccc6c5oc5ccccc56)cccc34)c2)cc1. The first kappa shape index (κ1) is 28.9. The Kier molecular flexibility index (Phi) is 6.28. The third kappa shape index (κ3) is 4.31. The highest BCUT2D eigenvalue weighted by molar-refractivity contribution is 6.22. The van der Waals surface area contributed by atoms with Gasteiger partial charge in [0.2, 0.25) is 0 Å². The zero-order valence-corrected chi connectivity index (χ0v) is 28.1. The van der Waals surface area contributed by atoms with E-state index >= 15 is 0 Å². The van der Waals surface area contributed by atoms with Crippen molar-refractivity contribution in [2.24, 2.45) is 0 Å². The summed E-state index contributed by atoms with van der Waals surface area (Å²) in [5, 5.41) is 9.25. The topological polar surface area (TPSA) is 26.3 Å². The number of furan rings is 2. The zero-order chi connectivity index (χ0) is 34.2. The summed E-state index contributed by atoms with van der Waals surface area (Å²) in [5.74, 6) is 0. The fraction of sp³-hybridized carbons (Fsp3) is 0. The van der Waals surface area contributed by atoms with Crippen molar-refractivity contribution in [1.29, 1.82) is 0 Å². The molecule has 2 heteroatoms. The van der Waals surface area contributed by atoms with Crippen molar-refractivity contribution in [3.63, 3.8) is 0 Å². The highest BCUT2D eigenvalue weighted by Gasteiger charge is 2.20. The number of rotatable bonds is 4. The molecule has 0 aliphatic carbocycles. The fourth-order valence-corrected chi connectivity index (χ4v) is 8.35. The Labute approximate surface area is 299 Å². The second-order valence-electron chi connectivity index (χ2n) is 13.6. The second kappa shape index (κ2) is 11.3. The molecule has 0 radical (unpaired) electrons. The van der Waals surface area contributed by atoms with Gasteiger partial charge in [0.25, 0.3) is 0 Å². The van der Waals surface area contributed by atoms with Gasteiger partial charge in [-0.15, -0.1) is 0 Å². The molecule has 2 aromatic heterocycles. The van der Waals surface area contributed by atoms with Crippen LogP contribution in [-0.4, -0.2) is 0 Å². The number of fused-ring (bicyclic) bond motifs is 8. The lowest BCUT2D eigenvalue weighted by Crippen LogP contribution is -1.91. The average molecular weight is 663 g/mol. The molecule has 0 atom stereocenters. The lowest BCUT2D eigenvalue weighted by Gasteiger charge is -2.18. The molecule has 11 rings (SSSR count). The van der Waals surface area contributed by atoms with Crippen LogP contribution < -0.4 is 0 Å². The van der Waals surface area contributed by atoms with Gasteiger partial charge in [0.15, 0.2) is 0 Å². The Hall–Kier alpha value is -6.90. The van der Waals surface area contributed by atoms with Gasteiger partial charge in [-0.3, -0.25) is 0 Å². The lowest BCUT2D eigenvalue weighted by molar-refractivity contribution is 0.669. The molecule has 0 fully saturated rings. The van der Waals surface area contributed by atoms with Crippen LogP contribution in [0.3, 0.4) is 0 Å². The summed E-state index contributed by atoms with van der Waals surface area (Å²) >= 11 is 0. The minimum absolute atomic E-state index is 0.898. The van der Waals surface area contributed by atoms with Gasteiger partial charge >= 0.3 is 0 Å². The molecule has 0 spiro atoms. The molecular formula is C50H30O2. The molecule has 0 unspecified atom stereocenters. The van der Waals surface area contributed by atoms with Gasteiger partial charge in [0.1, 0.15) is 22.3 Å². The first-order valence-electron chi connectivity index (χ1n) is 17.8. The molecule has 0 aliphatic heterocycles. The quantitative estimate of drug-likeness (QED) is 0.175. The molecule has 2 nitrogen and oxygen atoms in total. The fourth-order valence-electron chi connectivity index (χ4n) is 8.35. The zero-order valence-electron chi connectivity index (χ0n) is 28.1. The maximum absolute atomic E-state index is 6.61. The summed E-state index contributed by atoms with van der Waals surface area (Å²) in [6, 6.07) is 65.0. The summed E-state index contributed by atoms with van der Waals surface area (Å²) in [6.07, 6.45) is 0. The van der Waals surface area contributed by atoms with E-state index in [4.69, 9.17) is 8.83 Å². The van der Waals surface area contributed by atoms with Gasteiger partial charge in [-0.25, -0.2) is 0 Å². The first-order chi connectivity index (χ1) is 25.8. The molecule has 9 aromatic carbocycles. The Morgan fingerprint density at radius 3 is 1.25 bits per heavy atom. The minimum atomic E-state index is 0.898. The van der Waals surface area contributed by atoms with Crippen molar-refractivity contribution in [2.75, 3.05) is 0 Å². The monoisotopic (exact) mass is 662 g/mol. The first-order valence-corrected chi connectivity index (χ1v) is 17.8. The molecule has 0 saturated heterocycles. The third-order valence-corrected chi connectivity index (χ3v) is 10.7. The van der Waals surface area contributed by atoms with Crippen LogP contribution in [0.1, 0.15) is 0 Å². The Morgan fingerprint density at radius 1 is 0.250 bits per heavy atom. The van der Waals surface area contributed by atoms with Crippen molar-refractivity contribution in [2.45, 2.75) is 0 Å². The van der Waals surface area contributed by atoms with Gasteiger partial charge in [-0.1, -0.05) is 158 Å². The van der Waals surface area contributed by atoms with Gasteiger partial charge in [0.05, 0.1) is 0 Å². The smallest absolute Gasteiger partial charge is 0.143 e. The Bertz CT molecular complexity index is 3010. The summed E-state index contributed by atoms with van der Waals surface area (Å²) in [6.45, 7) is 0. The number of hydrogen-bond acceptors (Lipinski definition) is 2. The standard InChI is InChI=1S/C50H30O2/c1-2-13-31(14-3-1)32-15-8-16-33(29-32)48-38-21-9-19-34(40-23-11-25-42-36-17-4-6-27-46(36)51-49(40)42)44(38)30-45-35(20-10-22-39(45)48)41-24-12-26-43-37-18-5-7-28-47(37)52-50(41)43/h1-30H. The van der Waals surface area contributed by atoms with Crippen molar-refractivity contribution >= 4 is 65.4 Å². The molecular weight excluding hydrogens is 633 g/mol. The molecule has 11 aromatic rings. The van der Waals surface area contributed by atoms with E-state index < -0.39 is 0 Å². The molecule has 2 heterocycles. The predicted octanol–water partition coefficient (Wildman–Crippen LogP) is 14.5. The van der Waals surface area contributed by atoms with Crippen LogP contribution in [-0.2, 0) is 0 Å². The van der Waals surface area contributed by atoms with Crippen LogP contribution in [0, 0.1) is 0 Å². The maximum atomic E-state index is 6.61. The summed E-state index contributed by atoms with van der Waals surface area (Å²) in [4.78, 5) is 0.